The summed E-state index contributed by atoms with van der Waals surface area (Å²) < 4.78 is 2.33. The van der Waals surface area contributed by atoms with E-state index in [1.807, 2.05) is 6.07 Å². The number of rotatable bonds is 3. The van der Waals surface area contributed by atoms with E-state index in [2.05, 4.69) is 15.9 Å². The van der Waals surface area contributed by atoms with Crippen LogP contribution in [0, 0.1) is 0 Å². The molecule has 0 aliphatic carbocycles. The Balaban J connectivity index is 2.62. The van der Waals surface area contributed by atoms with Gasteiger partial charge in [-0.05, 0) is 31.2 Å². The molecule has 0 atom stereocenters. The fourth-order valence-corrected chi connectivity index (χ4v) is 2.05. The van der Waals surface area contributed by atoms with E-state index < -0.39 is 5.97 Å². The average molecular weight is 308 g/mol. The second kappa shape index (κ2) is 4.78. The van der Waals surface area contributed by atoms with Crippen LogP contribution >= 0.6 is 15.9 Å². The van der Waals surface area contributed by atoms with E-state index in [-0.39, 0.29) is 11.5 Å². The number of carboxylic acid groups (broad SMARTS) is 1. The third kappa shape index (κ3) is 2.36. The van der Waals surface area contributed by atoms with Crippen molar-refractivity contribution in [3.05, 3.63) is 52.3 Å². The lowest BCUT2D eigenvalue weighted by atomic mass is 10.2. The van der Waals surface area contributed by atoms with Gasteiger partial charge in [0.1, 0.15) is 5.69 Å². The van der Waals surface area contributed by atoms with Gasteiger partial charge in [-0.25, -0.2) is 4.79 Å². The molecule has 0 aliphatic rings. The van der Waals surface area contributed by atoms with Crippen LogP contribution in [0.2, 0.25) is 0 Å². The lowest BCUT2D eigenvalue weighted by Gasteiger charge is -2.06. The first kappa shape index (κ1) is 12.6. The predicted octanol–water partition coefficient (Wildman–Crippen LogP) is 3.14. The number of benzene rings is 1. The lowest BCUT2D eigenvalue weighted by Crippen LogP contribution is -2.05. The summed E-state index contributed by atoms with van der Waals surface area (Å²) in [6.07, 6.45) is 1.54. The van der Waals surface area contributed by atoms with Crippen molar-refractivity contribution < 1.29 is 14.7 Å². The summed E-state index contributed by atoms with van der Waals surface area (Å²) in [6.45, 7) is 1.41. The quantitative estimate of drug-likeness (QED) is 0.886. The van der Waals surface area contributed by atoms with E-state index in [9.17, 15) is 9.59 Å². The van der Waals surface area contributed by atoms with Crippen LogP contribution in [0.3, 0.4) is 0 Å². The van der Waals surface area contributed by atoms with E-state index in [1.54, 1.807) is 18.2 Å². The fourth-order valence-electron chi connectivity index (χ4n) is 1.66. The third-order valence-electron chi connectivity index (χ3n) is 2.53. The van der Waals surface area contributed by atoms with Crippen molar-refractivity contribution >= 4 is 27.7 Å². The monoisotopic (exact) mass is 307 g/mol. The van der Waals surface area contributed by atoms with Gasteiger partial charge in [-0.15, -0.1) is 0 Å². The van der Waals surface area contributed by atoms with Gasteiger partial charge in [0.15, 0.2) is 5.78 Å². The van der Waals surface area contributed by atoms with Gasteiger partial charge in [0, 0.05) is 21.9 Å². The molecule has 0 spiro atoms. The molecule has 92 valence electrons. The first-order valence-electron chi connectivity index (χ1n) is 5.21. The molecule has 0 saturated heterocycles. The molecule has 0 unspecified atom stereocenters. The second-order valence-electron chi connectivity index (χ2n) is 3.83. The number of hydrogen-bond acceptors (Lipinski definition) is 2. The number of nitrogens with zero attached hydrogens (tertiary/aromatic N) is 1. The average Bonchev–Trinajstić information content (AvgIpc) is 2.73. The Morgan fingerprint density at radius 3 is 2.56 bits per heavy atom. The van der Waals surface area contributed by atoms with Gasteiger partial charge in [0.05, 0.1) is 0 Å². The molecule has 5 heteroatoms. The van der Waals surface area contributed by atoms with Gasteiger partial charge in [0.2, 0.25) is 0 Å². The van der Waals surface area contributed by atoms with Gasteiger partial charge in [-0.1, -0.05) is 22.0 Å². The number of Topliss-reactive ketones (excluding diaryl/α,β-unsaturated/α-hetero) is 1. The summed E-state index contributed by atoms with van der Waals surface area (Å²) in [5, 5.41) is 9.15. The van der Waals surface area contributed by atoms with Gasteiger partial charge >= 0.3 is 5.97 Å². The molecule has 0 bridgehead atoms. The highest BCUT2D eigenvalue weighted by Gasteiger charge is 2.15. The minimum Gasteiger partial charge on any atom is -0.477 e. The minimum atomic E-state index is -1.07. The molecule has 2 rings (SSSR count). The third-order valence-corrected chi connectivity index (χ3v) is 3.03. The molecule has 1 aromatic carbocycles. The highest BCUT2D eigenvalue weighted by molar-refractivity contribution is 9.10. The Hall–Kier alpha value is -1.88. The molecule has 0 radical (unpaired) electrons. The molecular formula is C13H10BrNO3. The Labute approximate surface area is 112 Å². The smallest absolute Gasteiger partial charge is 0.352 e. The Bertz CT molecular complexity index is 631. The van der Waals surface area contributed by atoms with E-state index in [1.165, 1.54) is 23.8 Å². The molecule has 2 aromatic rings. The number of carboxylic acids is 1. The molecule has 4 nitrogen and oxygen atoms in total. The van der Waals surface area contributed by atoms with Gasteiger partial charge < -0.3 is 9.67 Å². The standard InChI is InChI=1S/C13H10BrNO3/c1-8(16)9-5-12(13(17)18)15(7-9)11-4-2-3-10(14)6-11/h2-7H,1H3,(H,17,18). The van der Waals surface area contributed by atoms with Crippen LogP contribution in [-0.4, -0.2) is 21.4 Å². The number of aromatic nitrogens is 1. The summed E-state index contributed by atoms with van der Waals surface area (Å²) in [4.78, 5) is 22.5. The number of halogens is 1. The van der Waals surface area contributed by atoms with Crippen molar-refractivity contribution in [1.29, 1.82) is 0 Å². The molecular weight excluding hydrogens is 298 g/mol. The van der Waals surface area contributed by atoms with Crippen molar-refractivity contribution in [2.45, 2.75) is 6.92 Å². The van der Waals surface area contributed by atoms with E-state index in [4.69, 9.17) is 5.11 Å². The summed E-state index contributed by atoms with van der Waals surface area (Å²) in [7, 11) is 0. The number of ketones is 1. The zero-order valence-electron chi connectivity index (χ0n) is 9.55. The first-order valence-corrected chi connectivity index (χ1v) is 6.01. The molecule has 0 aliphatic heterocycles. The van der Waals surface area contributed by atoms with Crippen molar-refractivity contribution in [1.82, 2.24) is 4.57 Å². The second-order valence-corrected chi connectivity index (χ2v) is 4.74. The Kier molecular flexibility index (Phi) is 3.34. The number of carbonyl (C=O) groups excluding carboxylic acids is 1. The maximum atomic E-state index is 11.3. The Morgan fingerprint density at radius 1 is 1.28 bits per heavy atom. The maximum Gasteiger partial charge on any atom is 0.352 e. The van der Waals surface area contributed by atoms with Crippen LogP contribution in [0.25, 0.3) is 5.69 Å². The highest BCUT2D eigenvalue weighted by atomic mass is 79.9. The van der Waals surface area contributed by atoms with Crippen molar-refractivity contribution in [2.75, 3.05) is 0 Å². The van der Waals surface area contributed by atoms with Crippen molar-refractivity contribution in [2.24, 2.45) is 0 Å². The van der Waals surface area contributed by atoms with Crippen LogP contribution in [0.5, 0.6) is 0 Å². The largest absolute Gasteiger partial charge is 0.477 e. The SMILES string of the molecule is CC(=O)c1cc(C(=O)O)n(-c2cccc(Br)c2)c1. The summed E-state index contributed by atoms with van der Waals surface area (Å²) in [6, 6.07) is 8.60. The number of carbonyl (C=O) groups is 2. The zero-order valence-corrected chi connectivity index (χ0v) is 11.1. The van der Waals surface area contributed by atoms with Crippen LogP contribution in [0.1, 0.15) is 27.8 Å². The number of aromatic carboxylic acids is 1. The summed E-state index contributed by atoms with van der Waals surface area (Å²) in [5.74, 6) is -1.23. The normalized spacial score (nSPS) is 10.3. The van der Waals surface area contributed by atoms with Gasteiger partial charge in [0.25, 0.3) is 0 Å². The summed E-state index contributed by atoms with van der Waals surface area (Å²) in [5.41, 5.74) is 1.14. The zero-order chi connectivity index (χ0) is 13.3. The predicted molar refractivity (Wildman–Crippen MR) is 70.4 cm³/mol. The molecule has 1 heterocycles. The number of hydrogen-bond donors (Lipinski definition) is 1. The van der Waals surface area contributed by atoms with E-state index in [0.717, 1.165) is 4.47 Å². The fraction of sp³-hybridized carbons (Fsp3) is 0.0769. The van der Waals surface area contributed by atoms with E-state index in [0.29, 0.717) is 11.3 Å². The van der Waals surface area contributed by atoms with E-state index >= 15 is 0 Å². The van der Waals surface area contributed by atoms with Crippen LogP contribution in [0.15, 0.2) is 41.0 Å². The Morgan fingerprint density at radius 2 is 2.00 bits per heavy atom. The maximum absolute atomic E-state index is 11.3. The van der Waals surface area contributed by atoms with Crippen molar-refractivity contribution in [3.63, 3.8) is 0 Å². The summed E-state index contributed by atoms with van der Waals surface area (Å²) >= 11 is 3.33. The molecule has 18 heavy (non-hydrogen) atoms. The van der Waals surface area contributed by atoms with Gasteiger partial charge in [-0.3, -0.25) is 4.79 Å². The molecule has 0 saturated carbocycles. The topological polar surface area (TPSA) is 59.3 Å². The van der Waals surface area contributed by atoms with Crippen molar-refractivity contribution in [3.8, 4) is 5.69 Å². The molecule has 0 fully saturated rings. The molecule has 1 aromatic heterocycles. The van der Waals surface area contributed by atoms with Gasteiger partial charge in [-0.2, -0.15) is 0 Å². The highest BCUT2D eigenvalue weighted by Crippen LogP contribution is 2.20. The first-order chi connectivity index (χ1) is 8.49. The lowest BCUT2D eigenvalue weighted by molar-refractivity contribution is 0.0688. The molecule has 1 N–H and O–H groups in total. The minimum absolute atomic E-state index is 0.0679. The molecule has 0 amide bonds. The van der Waals surface area contributed by atoms with Crippen LogP contribution in [0.4, 0.5) is 0 Å². The van der Waals surface area contributed by atoms with Crippen LogP contribution in [-0.2, 0) is 0 Å². The van der Waals surface area contributed by atoms with Crippen LogP contribution < -0.4 is 0 Å².